The van der Waals surface area contributed by atoms with E-state index in [4.69, 9.17) is 22.7 Å². The van der Waals surface area contributed by atoms with Gasteiger partial charge in [0.15, 0.2) is 0 Å². The second-order valence-electron chi connectivity index (χ2n) is 4.75. The molecule has 0 fully saturated rings. The van der Waals surface area contributed by atoms with Crippen LogP contribution in [0.25, 0.3) is 0 Å². The Morgan fingerprint density at radius 1 is 1.50 bits per heavy atom. The topological polar surface area (TPSA) is 38.5 Å². The summed E-state index contributed by atoms with van der Waals surface area (Å²) < 4.78 is 5.70. The van der Waals surface area contributed by atoms with Crippen molar-refractivity contribution in [1.29, 1.82) is 0 Å². The molecule has 0 bridgehead atoms. The number of hydrogen-bond donors (Lipinski definition) is 1. The van der Waals surface area contributed by atoms with Crippen LogP contribution in [-0.2, 0) is 0 Å². The van der Waals surface area contributed by atoms with Gasteiger partial charge in [0.05, 0.1) is 11.6 Å². The van der Waals surface area contributed by atoms with E-state index >= 15 is 0 Å². The third-order valence-electron chi connectivity index (χ3n) is 3.20. The van der Waals surface area contributed by atoms with E-state index in [-0.39, 0.29) is 0 Å². The molecule has 1 heterocycles. The first-order valence-corrected chi connectivity index (χ1v) is 6.84. The minimum absolute atomic E-state index is 0.432. The van der Waals surface area contributed by atoms with Crippen LogP contribution in [0, 0.1) is 0 Å². The highest BCUT2D eigenvalue weighted by atomic mass is 32.1. The van der Waals surface area contributed by atoms with Gasteiger partial charge in [-0.05, 0) is 19.0 Å². The third kappa shape index (κ3) is 3.21. The van der Waals surface area contributed by atoms with Crippen LogP contribution in [0.1, 0.15) is 24.8 Å². The highest BCUT2D eigenvalue weighted by Gasteiger charge is 2.25. The summed E-state index contributed by atoms with van der Waals surface area (Å²) in [4.78, 5) is 2.88. The first kappa shape index (κ1) is 13.3. The molecule has 18 heavy (non-hydrogen) atoms. The Labute approximate surface area is 114 Å². The number of nitrogens with zero attached hydrogens (tertiary/aromatic N) is 1. The van der Waals surface area contributed by atoms with Gasteiger partial charge in [-0.1, -0.05) is 37.3 Å². The van der Waals surface area contributed by atoms with E-state index in [9.17, 15) is 0 Å². The molecule has 1 unspecified atom stereocenters. The van der Waals surface area contributed by atoms with Crippen LogP contribution in [0.3, 0.4) is 0 Å². The van der Waals surface area contributed by atoms with Gasteiger partial charge in [0.1, 0.15) is 5.75 Å². The lowest BCUT2D eigenvalue weighted by atomic mass is 10.0. The van der Waals surface area contributed by atoms with Crippen molar-refractivity contribution >= 4 is 17.2 Å². The molecule has 0 amide bonds. The Hall–Kier alpha value is -1.13. The molecular weight excluding hydrogens is 244 g/mol. The van der Waals surface area contributed by atoms with Crippen LogP contribution in [0.5, 0.6) is 5.75 Å². The van der Waals surface area contributed by atoms with Crippen molar-refractivity contribution in [3.63, 3.8) is 0 Å². The van der Waals surface area contributed by atoms with Crippen molar-refractivity contribution in [2.45, 2.75) is 19.3 Å². The van der Waals surface area contributed by atoms with Crippen molar-refractivity contribution in [1.82, 2.24) is 4.90 Å². The maximum absolute atomic E-state index is 5.70. The minimum atomic E-state index is 0.432. The molecule has 0 radical (unpaired) electrons. The minimum Gasteiger partial charge on any atom is -0.493 e. The Kier molecular flexibility index (Phi) is 4.55. The molecule has 0 aromatic heterocycles. The zero-order chi connectivity index (χ0) is 13.0. The van der Waals surface area contributed by atoms with Gasteiger partial charge in [0, 0.05) is 24.6 Å². The van der Waals surface area contributed by atoms with E-state index in [1.54, 1.807) is 0 Å². The fraction of sp³-hybridized carbons (Fsp3) is 0.500. The number of rotatable bonds is 6. The molecule has 4 heteroatoms. The summed E-state index contributed by atoms with van der Waals surface area (Å²) in [5.74, 6) is 1.45. The molecule has 1 aliphatic heterocycles. The zero-order valence-corrected chi connectivity index (χ0v) is 11.6. The van der Waals surface area contributed by atoms with Crippen LogP contribution >= 0.6 is 12.2 Å². The van der Waals surface area contributed by atoms with Crippen molar-refractivity contribution in [3.8, 4) is 5.75 Å². The standard InChI is InChI=1S/C14H20N2OS/c1-2-7-16(9-14(15)18)8-11-10-17-13-6-4-3-5-12(11)13/h3-6,11H,2,7-10H2,1H3,(H2,15,18). The molecule has 1 atom stereocenters. The predicted octanol–water partition coefficient (Wildman–Crippen LogP) is 2.16. The normalized spacial score (nSPS) is 17.6. The van der Waals surface area contributed by atoms with E-state index in [1.807, 2.05) is 12.1 Å². The van der Waals surface area contributed by atoms with Gasteiger partial charge in [0.25, 0.3) is 0 Å². The van der Waals surface area contributed by atoms with Crippen LogP contribution in [-0.4, -0.2) is 36.1 Å². The second kappa shape index (κ2) is 6.16. The molecule has 2 rings (SSSR count). The highest BCUT2D eigenvalue weighted by molar-refractivity contribution is 7.80. The number of benzene rings is 1. The maximum Gasteiger partial charge on any atom is 0.122 e. The van der Waals surface area contributed by atoms with Crippen LogP contribution < -0.4 is 10.5 Å². The van der Waals surface area contributed by atoms with E-state index in [0.717, 1.165) is 31.9 Å². The van der Waals surface area contributed by atoms with Crippen LogP contribution in [0.4, 0.5) is 0 Å². The summed E-state index contributed by atoms with van der Waals surface area (Å²) in [5, 5.41) is 0. The van der Waals surface area contributed by atoms with Crippen LogP contribution in [0.2, 0.25) is 0 Å². The lowest BCUT2D eigenvalue weighted by molar-refractivity contribution is 0.255. The SMILES string of the molecule is CCCN(CC(N)=S)CC1COc2ccccc21. The molecule has 2 N–H and O–H groups in total. The fourth-order valence-corrected chi connectivity index (χ4v) is 2.65. The average Bonchev–Trinajstić information content (AvgIpc) is 2.72. The van der Waals surface area contributed by atoms with E-state index in [1.165, 1.54) is 5.56 Å². The second-order valence-corrected chi connectivity index (χ2v) is 5.27. The molecule has 0 spiro atoms. The van der Waals surface area contributed by atoms with Crippen molar-refractivity contribution in [2.24, 2.45) is 5.73 Å². The Balaban J connectivity index is 2.02. The van der Waals surface area contributed by atoms with Gasteiger partial charge in [0.2, 0.25) is 0 Å². The molecule has 0 saturated heterocycles. The van der Waals surface area contributed by atoms with Gasteiger partial charge < -0.3 is 10.5 Å². The number of fused-ring (bicyclic) bond motifs is 1. The molecule has 0 saturated carbocycles. The maximum atomic E-state index is 5.70. The first-order valence-electron chi connectivity index (χ1n) is 6.43. The summed E-state index contributed by atoms with van der Waals surface area (Å²) in [6.07, 6.45) is 1.11. The summed E-state index contributed by atoms with van der Waals surface area (Å²) >= 11 is 5.01. The number of hydrogen-bond acceptors (Lipinski definition) is 3. The molecule has 1 aromatic carbocycles. The summed E-state index contributed by atoms with van der Waals surface area (Å²) in [7, 11) is 0. The van der Waals surface area contributed by atoms with E-state index in [2.05, 4.69) is 24.0 Å². The van der Waals surface area contributed by atoms with Gasteiger partial charge >= 0.3 is 0 Å². The average molecular weight is 264 g/mol. The first-order chi connectivity index (χ1) is 8.70. The monoisotopic (exact) mass is 264 g/mol. The predicted molar refractivity (Wildman–Crippen MR) is 78.2 cm³/mol. The molecule has 1 aromatic rings. The number of ether oxygens (including phenoxy) is 1. The quantitative estimate of drug-likeness (QED) is 0.799. The Morgan fingerprint density at radius 3 is 3.00 bits per heavy atom. The summed E-state index contributed by atoms with van der Waals surface area (Å²) in [6.45, 7) is 5.61. The molecular formula is C14H20N2OS. The van der Waals surface area contributed by atoms with Crippen molar-refractivity contribution in [2.75, 3.05) is 26.2 Å². The Morgan fingerprint density at radius 2 is 2.28 bits per heavy atom. The van der Waals surface area contributed by atoms with E-state index in [0.29, 0.717) is 17.5 Å². The zero-order valence-electron chi connectivity index (χ0n) is 10.8. The van der Waals surface area contributed by atoms with Gasteiger partial charge in [-0.15, -0.1) is 0 Å². The van der Waals surface area contributed by atoms with Gasteiger partial charge in [-0.2, -0.15) is 0 Å². The molecule has 1 aliphatic rings. The van der Waals surface area contributed by atoms with Crippen LogP contribution in [0.15, 0.2) is 24.3 Å². The smallest absolute Gasteiger partial charge is 0.122 e. The highest BCUT2D eigenvalue weighted by Crippen LogP contribution is 2.33. The molecule has 98 valence electrons. The van der Waals surface area contributed by atoms with Crippen molar-refractivity contribution < 1.29 is 4.74 Å². The number of thiocarbonyl (C=S) groups is 1. The number of nitrogens with two attached hydrogens (primary N) is 1. The number of para-hydroxylation sites is 1. The lowest BCUT2D eigenvalue weighted by Gasteiger charge is -2.23. The Bertz CT molecular complexity index is 422. The van der Waals surface area contributed by atoms with Gasteiger partial charge in [-0.25, -0.2) is 0 Å². The van der Waals surface area contributed by atoms with E-state index < -0.39 is 0 Å². The van der Waals surface area contributed by atoms with Crippen molar-refractivity contribution in [3.05, 3.63) is 29.8 Å². The summed E-state index contributed by atoms with van der Waals surface area (Å²) in [5.41, 5.74) is 6.96. The lowest BCUT2D eigenvalue weighted by Crippen LogP contribution is -2.36. The molecule has 3 nitrogen and oxygen atoms in total. The third-order valence-corrected chi connectivity index (χ3v) is 3.33. The van der Waals surface area contributed by atoms with Gasteiger partial charge in [-0.3, -0.25) is 4.90 Å². The fourth-order valence-electron chi connectivity index (χ4n) is 2.46. The summed E-state index contributed by atoms with van der Waals surface area (Å²) in [6, 6.07) is 8.27. The molecule has 0 aliphatic carbocycles. The largest absolute Gasteiger partial charge is 0.493 e.